The van der Waals surface area contributed by atoms with Gasteiger partial charge >= 0.3 is 147 Å². The molecule has 1 N–H and O–H groups in total. The molecular weight excluding hydrogens is 374 g/mol. The molecule has 23 heavy (non-hydrogen) atoms. The van der Waals surface area contributed by atoms with Crippen LogP contribution in [0.4, 0.5) is 0 Å². The molecule has 0 aromatic heterocycles. The fourth-order valence-corrected chi connectivity index (χ4v) is 8.53. The van der Waals surface area contributed by atoms with E-state index in [0.717, 1.165) is 25.9 Å². The molecule has 1 unspecified atom stereocenters. The van der Waals surface area contributed by atoms with Crippen LogP contribution >= 0.6 is 5.89 Å². The summed E-state index contributed by atoms with van der Waals surface area (Å²) in [6.07, 6.45) is 1.80. The molecule has 0 aliphatic carbocycles. The Balaban J connectivity index is 1.86. The zero-order valence-corrected chi connectivity index (χ0v) is 17.0. The summed E-state index contributed by atoms with van der Waals surface area (Å²) in [7, 11) is 0. The number of hydrogen-bond donors (Lipinski definition) is 1. The number of benzene rings is 1. The van der Waals surface area contributed by atoms with Crippen molar-refractivity contribution < 1.29 is 9.73 Å². The molecular formula is C17H27N2O2PSe. The molecule has 1 aromatic carbocycles. The van der Waals surface area contributed by atoms with Crippen LogP contribution in [0.15, 0.2) is 30.3 Å². The van der Waals surface area contributed by atoms with Crippen LogP contribution in [0, 0.1) is 0 Å². The molecule has 0 amide bonds. The summed E-state index contributed by atoms with van der Waals surface area (Å²) in [5.74, 6) is -1.88. The average molecular weight is 401 g/mol. The van der Waals surface area contributed by atoms with Crippen LogP contribution in [0.2, 0.25) is 0 Å². The van der Waals surface area contributed by atoms with Gasteiger partial charge in [0, 0.05) is 0 Å². The van der Waals surface area contributed by atoms with E-state index < -0.39 is 5.89 Å². The third kappa shape index (κ3) is 3.52. The van der Waals surface area contributed by atoms with Crippen molar-refractivity contribution in [1.82, 2.24) is 9.73 Å². The fraction of sp³-hybridized carbons (Fsp3) is 0.647. The molecule has 0 spiro atoms. The third-order valence-corrected chi connectivity index (χ3v) is 10.8. The number of hydroxylamine groups is 2. The Bertz CT molecular complexity index is 598. The zero-order chi connectivity index (χ0) is 16.9. The van der Waals surface area contributed by atoms with Crippen LogP contribution in [0.1, 0.15) is 40.5 Å². The average Bonchev–Trinajstić information content (AvgIpc) is 3.30. The van der Waals surface area contributed by atoms with Gasteiger partial charge in [-0.05, 0) is 0 Å². The Morgan fingerprint density at radius 1 is 1.09 bits per heavy atom. The molecule has 0 saturated carbocycles. The van der Waals surface area contributed by atoms with E-state index in [1.165, 1.54) is 10.4 Å². The van der Waals surface area contributed by atoms with Crippen molar-refractivity contribution in [1.29, 1.82) is 0 Å². The Kier molecular flexibility index (Phi) is 4.70. The van der Waals surface area contributed by atoms with Crippen LogP contribution in [-0.4, -0.2) is 60.3 Å². The Hall–Kier alpha value is 0.00948. The van der Waals surface area contributed by atoms with E-state index in [1.54, 1.807) is 0 Å². The van der Waals surface area contributed by atoms with Crippen LogP contribution in [0.25, 0.3) is 0 Å². The molecule has 0 bridgehead atoms. The maximum absolute atomic E-state index is 10.5. The Labute approximate surface area is 147 Å². The molecule has 4 nitrogen and oxygen atoms in total. The first-order valence-electron chi connectivity index (χ1n) is 8.24. The zero-order valence-electron chi connectivity index (χ0n) is 14.4. The van der Waals surface area contributed by atoms with Crippen molar-refractivity contribution in [2.75, 3.05) is 13.1 Å². The summed E-state index contributed by atoms with van der Waals surface area (Å²) in [5.41, 5.74) is -0.570. The van der Waals surface area contributed by atoms with Gasteiger partial charge in [0.1, 0.15) is 0 Å². The molecule has 0 radical (unpaired) electrons. The first-order valence-corrected chi connectivity index (χ1v) is 12.1. The first-order chi connectivity index (χ1) is 10.7. The molecule has 2 fully saturated rings. The topological polar surface area (TPSA) is 35.7 Å². The Morgan fingerprint density at radius 2 is 1.61 bits per heavy atom. The van der Waals surface area contributed by atoms with E-state index in [-0.39, 0.29) is 17.2 Å². The number of rotatable bonds is 4. The minimum absolute atomic E-state index is 0.138. The molecule has 2 aliphatic heterocycles. The van der Waals surface area contributed by atoms with Crippen molar-refractivity contribution in [2.24, 2.45) is 0 Å². The standard InChI is InChI=1S/C17H27N2O2PSe/c1-16(2)12-14(13-17(3,4)19(16)20)21-22(23,18-10-11-18)15-8-6-5-7-9-15/h5-9,14,20H,10-13H2,1-4H3. The second kappa shape index (κ2) is 6.07. The molecule has 1 atom stereocenters. The van der Waals surface area contributed by atoms with Gasteiger partial charge < -0.3 is 0 Å². The van der Waals surface area contributed by atoms with Crippen LogP contribution < -0.4 is 5.30 Å². The van der Waals surface area contributed by atoms with E-state index in [1.807, 2.05) is 6.07 Å². The van der Waals surface area contributed by atoms with Crippen LogP contribution in [0.5, 0.6) is 0 Å². The van der Waals surface area contributed by atoms with Gasteiger partial charge in [0.25, 0.3) is 0 Å². The molecule has 128 valence electrons. The molecule has 1 aromatic rings. The van der Waals surface area contributed by atoms with Crippen molar-refractivity contribution in [3.63, 3.8) is 0 Å². The Morgan fingerprint density at radius 3 is 2.09 bits per heavy atom. The van der Waals surface area contributed by atoms with Gasteiger partial charge in [0.2, 0.25) is 0 Å². The van der Waals surface area contributed by atoms with E-state index >= 15 is 0 Å². The predicted octanol–water partition coefficient (Wildman–Crippen LogP) is 2.99. The maximum atomic E-state index is 10.5. The van der Waals surface area contributed by atoms with E-state index in [4.69, 9.17) is 4.52 Å². The summed E-state index contributed by atoms with van der Waals surface area (Å²) in [4.78, 5) is 0. The summed E-state index contributed by atoms with van der Waals surface area (Å²) < 4.78 is 9.18. The van der Waals surface area contributed by atoms with E-state index in [2.05, 4.69) is 71.7 Å². The van der Waals surface area contributed by atoms with E-state index in [9.17, 15) is 5.21 Å². The van der Waals surface area contributed by atoms with Crippen molar-refractivity contribution in [2.45, 2.75) is 57.7 Å². The summed E-state index contributed by atoms with van der Waals surface area (Å²) in [6.45, 7) is 10.5. The van der Waals surface area contributed by atoms with Crippen LogP contribution in [-0.2, 0) is 4.52 Å². The number of piperidine rings is 1. The van der Waals surface area contributed by atoms with E-state index in [0.29, 0.717) is 0 Å². The van der Waals surface area contributed by atoms with Gasteiger partial charge in [-0.2, -0.15) is 0 Å². The normalized spacial score (nSPS) is 27.5. The molecule has 3 rings (SSSR count). The summed E-state index contributed by atoms with van der Waals surface area (Å²) in [6, 6.07) is 10.5. The van der Waals surface area contributed by atoms with Gasteiger partial charge in [-0.15, -0.1) is 0 Å². The van der Waals surface area contributed by atoms with Crippen molar-refractivity contribution in [3.05, 3.63) is 30.3 Å². The number of hydrogen-bond acceptors (Lipinski definition) is 4. The summed E-state index contributed by atoms with van der Waals surface area (Å²) in [5, 5.41) is 13.3. The second-order valence-corrected chi connectivity index (χ2v) is 13.3. The van der Waals surface area contributed by atoms with Gasteiger partial charge in [-0.25, -0.2) is 0 Å². The van der Waals surface area contributed by atoms with Crippen LogP contribution in [0.3, 0.4) is 0 Å². The van der Waals surface area contributed by atoms with Crippen molar-refractivity contribution >= 4 is 26.3 Å². The third-order valence-electron chi connectivity index (χ3n) is 4.77. The van der Waals surface area contributed by atoms with Gasteiger partial charge in [0.15, 0.2) is 0 Å². The quantitative estimate of drug-likeness (QED) is 0.478. The minimum atomic E-state index is -1.88. The number of nitrogens with zero attached hydrogens (tertiary/aromatic N) is 2. The molecule has 6 heteroatoms. The monoisotopic (exact) mass is 402 g/mol. The van der Waals surface area contributed by atoms with Gasteiger partial charge in [-0.3, -0.25) is 0 Å². The fourth-order valence-electron chi connectivity index (χ4n) is 3.67. The van der Waals surface area contributed by atoms with Crippen molar-refractivity contribution in [3.8, 4) is 0 Å². The molecule has 2 heterocycles. The molecule has 2 saturated heterocycles. The molecule has 2 aliphatic rings. The van der Waals surface area contributed by atoms with Gasteiger partial charge in [0.05, 0.1) is 0 Å². The van der Waals surface area contributed by atoms with Gasteiger partial charge in [-0.1, -0.05) is 0 Å². The predicted molar refractivity (Wildman–Crippen MR) is 96.2 cm³/mol. The first kappa shape index (κ1) is 17.8. The summed E-state index contributed by atoms with van der Waals surface area (Å²) >= 11 is 3.42. The second-order valence-electron chi connectivity index (χ2n) is 7.88. The SMILES string of the molecule is CC1(C)CC(OP(=[Se])(c2ccccc2)N2CC2)CC(C)(C)N1O.